The normalized spacial score (nSPS) is 31.3. The van der Waals surface area contributed by atoms with Gasteiger partial charge in [-0.1, -0.05) is 25.8 Å². The molecule has 0 amide bonds. The summed E-state index contributed by atoms with van der Waals surface area (Å²) in [5, 5.41) is 10.1. The van der Waals surface area contributed by atoms with Crippen LogP contribution in [0.2, 0.25) is 0 Å². The summed E-state index contributed by atoms with van der Waals surface area (Å²) in [6.07, 6.45) is -2.35. The summed E-state index contributed by atoms with van der Waals surface area (Å²) in [6, 6.07) is 5.22. The van der Waals surface area contributed by atoms with Gasteiger partial charge in [0.2, 0.25) is 0 Å². The standard InChI is InChI=1S/C29H39F6NO2/c1-27-17-23(30)26-21-9-8-20(37)16-19(21)15-18(25(26)22(27)10-11-24(27)38)7-4-3-5-13-36(2)14-6-12-28(31,32)29(33,34)35/h8-9,16,18,22-23,25-26,37H,3-7,10-15,17H2,1-2H3/t18-,22+,23+,25+,26+,27+/m1/s1. The lowest BCUT2D eigenvalue weighted by atomic mass is 9.51. The summed E-state index contributed by atoms with van der Waals surface area (Å²) in [5.41, 5.74) is 1.34. The highest BCUT2D eigenvalue weighted by Crippen LogP contribution is 2.62. The Hall–Kier alpha value is -1.77. The Labute approximate surface area is 221 Å². The Bertz CT molecular complexity index is 998. The van der Waals surface area contributed by atoms with Gasteiger partial charge in [-0.15, -0.1) is 0 Å². The molecule has 2 saturated carbocycles. The molecular weight excluding hydrogens is 508 g/mol. The van der Waals surface area contributed by atoms with Crippen LogP contribution >= 0.6 is 0 Å². The molecule has 2 fully saturated rings. The maximum Gasteiger partial charge on any atom is 0.453 e. The highest BCUT2D eigenvalue weighted by atomic mass is 19.4. The van der Waals surface area contributed by atoms with E-state index < -0.39 is 30.1 Å². The number of unbranched alkanes of at least 4 members (excludes halogenated alkanes) is 2. The lowest BCUT2D eigenvalue weighted by Gasteiger charge is -2.53. The zero-order valence-corrected chi connectivity index (χ0v) is 22.2. The van der Waals surface area contributed by atoms with E-state index >= 15 is 4.39 Å². The van der Waals surface area contributed by atoms with Crippen molar-refractivity contribution in [3.8, 4) is 5.75 Å². The van der Waals surface area contributed by atoms with Crippen molar-refractivity contribution < 1.29 is 36.2 Å². The fourth-order valence-electron chi connectivity index (χ4n) is 7.62. The molecule has 0 spiro atoms. The summed E-state index contributed by atoms with van der Waals surface area (Å²) < 4.78 is 78.9. The molecule has 9 heteroatoms. The maximum absolute atomic E-state index is 15.8. The molecule has 1 aromatic carbocycles. The molecule has 0 aliphatic heterocycles. The van der Waals surface area contributed by atoms with Gasteiger partial charge in [0.1, 0.15) is 17.7 Å². The van der Waals surface area contributed by atoms with Gasteiger partial charge in [0, 0.05) is 24.2 Å². The number of hydrogen-bond acceptors (Lipinski definition) is 3. The van der Waals surface area contributed by atoms with Crippen LogP contribution in [0.15, 0.2) is 18.2 Å². The van der Waals surface area contributed by atoms with Crippen LogP contribution in [-0.2, 0) is 11.2 Å². The van der Waals surface area contributed by atoms with Gasteiger partial charge in [-0.3, -0.25) is 4.79 Å². The molecule has 0 heterocycles. The minimum atomic E-state index is -5.51. The summed E-state index contributed by atoms with van der Waals surface area (Å²) in [7, 11) is 1.72. The third-order valence-electron chi connectivity index (χ3n) is 9.60. The molecule has 0 radical (unpaired) electrons. The Kier molecular flexibility index (Phi) is 8.47. The molecule has 0 unspecified atom stereocenters. The van der Waals surface area contributed by atoms with Crippen LogP contribution in [0.5, 0.6) is 5.75 Å². The minimum absolute atomic E-state index is 0.0743. The van der Waals surface area contributed by atoms with E-state index in [0.717, 1.165) is 49.7 Å². The van der Waals surface area contributed by atoms with Gasteiger partial charge < -0.3 is 10.0 Å². The van der Waals surface area contributed by atoms with Crippen LogP contribution in [0.1, 0.15) is 81.8 Å². The first kappa shape index (κ1) is 29.2. The van der Waals surface area contributed by atoms with Crippen molar-refractivity contribution in [1.82, 2.24) is 4.90 Å². The lowest BCUT2D eigenvalue weighted by molar-refractivity contribution is -0.284. The average Bonchev–Trinajstić information content (AvgIpc) is 3.11. The Morgan fingerprint density at radius 1 is 1.08 bits per heavy atom. The van der Waals surface area contributed by atoms with Gasteiger partial charge >= 0.3 is 12.1 Å². The van der Waals surface area contributed by atoms with Crippen LogP contribution < -0.4 is 0 Å². The molecule has 3 nitrogen and oxygen atoms in total. The van der Waals surface area contributed by atoms with Crippen molar-refractivity contribution in [1.29, 1.82) is 0 Å². The van der Waals surface area contributed by atoms with Crippen molar-refractivity contribution in [3.63, 3.8) is 0 Å². The van der Waals surface area contributed by atoms with Crippen LogP contribution in [0, 0.1) is 23.2 Å². The van der Waals surface area contributed by atoms with E-state index in [9.17, 15) is 31.9 Å². The molecule has 3 aliphatic carbocycles. The molecule has 0 bridgehead atoms. The van der Waals surface area contributed by atoms with E-state index in [1.54, 1.807) is 24.1 Å². The Morgan fingerprint density at radius 2 is 1.79 bits per heavy atom. The predicted molar refractivity (Wildman–Crippen MR) is 133 cm³/mol. The maximum atomic E-state index is 15.8. The number of halogens is 6. The quantitative estimate of drug-likeness (QED) is 0.244. The largest absolute Gasteiger partial charge is 0.508 e. The first-order valence-corrected chi connectivity index (χ1v) is 13.9. The van der Waals surface area contributed by atoms with Crippen molar-refractivity contribution in [2.24, 2.45) is 23.2 Å². The van der Waals surface area contributed by atoms with E-state index in [0.29, 0.717) is 13.0 Å². The first-order chi connectivity index (χ1) is 17.7. The van der Waals surface area contributed by atoms with Gasteiger partial charge in [0.05, 0.1) is 0 Å². The lowest BCUT2D eigenvalue weighted by Crippen LogP contribution is -2.50. The number of ketones is 1. The Balaban J connectivity index is 1.33. The number of nitrogens with zero attached hydrogens (tertiary/aromatic N) is 1. The summed E-state index contributed by atoms with van der Waals surface area (Å²) in [4.78, 5) is 14.6. The van der Waals surface area contributed by atoms with Crippen LogP contribution in [-0.4, -0.2) is 54.2 Å². The highest BCUT2D eigenvalue weighted by Gasteiger charge is 2.60. The number of hydrogen-bond donors (Lipinski definition) is 1. The zero-order valence-electron chi connectivity index (χ0n) is 22.2. The number of benzene rings is 1. The van der Waals surface area contributed by atoms with Crippen LogP contribution in [0.3, 0.4) is 0 Å². The SMILES string of the molecule is CN(CCCCC[C@@H]1Cc2cc(O)ccc2[C@@H]2[C@@H]1[C@@H]1CCC(=O)[C@@]1(C)C[C@@H]2F)CCCC(F)(F)C(F)(F)F. The monoisotopic (exact) mass is 547 g/mol. The van der Waals surface area contributed by atoms with E-state index in [4.69, 9.17) is 0 Å². The van der Waals surface area contributed by atoms with Gasteiger partial charge in [-0.05, 0) is 99.7 Å². The number of phenols is 1. The number of aromatic hydroxyl groups is 1. The predicted octanol–water partition coefficient (Wildman–Crippen LogP) is 7.46. The number of carbonyl (C=O) groups is 1. The molecule has 1 N–H and O–H groups in total. The highest BCUT2D eigenvalue weighted by molar-refractivity contribution is 5.87. The number of rotatable bonds is 10. The average molecular weight is 548 g/mol. The summed E-state index contributed by atoms with van der Waals surface area (Å²) in [5.74, 6) is -4.15. The molecule has 38 heavy (non-hydrogen) atoms. The van der Waals surface area contributed by atoms with Crippen LogP contribution in [0.4, 0.5) is 26.3 Å². The van der Waals surface area contributed by atoms with Crippen LogP contribution in [0.25, 0.3) is 0 Å². The van der Waals surface area contributed by atoms with Gasteiger partial charge in [-0.2, -0.15) is 22.0 Å². The molecule has 1 aromatic rings. The zero-order chi connectivity index (χ0) is 27.9. The van der Waals surface area contributed by atoms with E-state index in [-0.39, 0.29) is 54.6 Å². The molecular formula is C29H39F6NO2. The first-order valence-electron chi connectivity index (χ1n) is 13.9. The third kappa shape index (κ3) is 5.73. The molecule has 214 valence electrons. The second kappa shape index (κ2) is 11.0. The minimum Gasteiger partial charge on any atom is -0.508 e. The number of Topliss-reactive ketones (excluding diaryl/α,β-unsaturated/α-hetero) is 1. The third-order valence-corrected chi connectivity index (χ3v) is 9.60. The van der Waals surface area contributed by atoms with E-state index in [1.807, 2.05) is 13.0 Å². The topological polar surface area (TPSA) is 40.5 Å². The smallest absolute Gasteiger partial charge is 0.453 e. The number of fused-ring (bicyclic) bond motifs is 5. The summed E-state index contributed by atoms with van der Waals surface area (Å²) in [6.45, 7) is 2.72. The van der Waals surface area contributed by atoms with E-state index in [1.165, 1.54) is 0 Å². The number of alkyl halides is 6. The second-order valence-corrected chi connectivity index (χ2v) is 12.1. The van der Waals surface area contributed by atoms with Gasteiger partial charge in [-0.25, -0.2) is 4.39 Å². The fraction of sp³-hybridized carbons (Fsp3) is 0.759. The molecule has 4 rings (SSSR count). The summed E-state index contributed by atoms with van der Waals surface area (Å²) >= 11 is 0. The Morgan fingerprint density at radius 3 is 2.50 bits per heavy atom. The van der Waals surface area contributed by atoms with Crippen molar-refractivity contribution >= 4 is 5.78 Å². The molecule has 0 saturated heterocycles. The van der Waals surface area contributed by atoms with Gasteiger partial charge in [0.15, 0.2) is 0 Å². The van der Waals surface area contributed by atoms with Gasteiger partial charge in [0.25, 0.3) is 0 Å². The fourth-order valence-corrected chi connectivity index (χ4v) is 7.62. The van der Waals surface area contributed by atoms with E-state index in [2.05, 4.69) is 0 Å². The second-order valence-electron chi connectivity index (χ2n) is 12.1. The number of phenolic OH excluding ortho intramolecular Hbond substituents is 1. The molecule has 3 aliphatic rings. The molecule has 0 aromatic heterocycles. The van der Waals surface area contributed by atoms with Crippen molar-refractivity contribution in [3.05, 3.63) is 29.3 Å². The molecule has 6 atom stereocenters. The van der Waals surface area contributed by atoms with Crippen molar-refractivity contribution in [2.45, 2.75) is 95.3 Å². The number of carbonyl (C=O) groups excluding carboxylic acids is 1. The van der Waals surface area contributed by atoms with Crippen molar-refractivity contribution in [2.75, 3.05) is 20.1 Å².